The molecule has 0 radical (unpaired) electrons. The molecule has 1 aromatic heterocycles. The normalized spacial score (nSPS) is 16.6. The van der Waals surface area contributed by atoms with E-state index in [0.717, 1.165) is 50.4 Å². The zero-order chi connectivity index (χ0) is 26.3. The average molecular weight is 547 g/mol. The number of fused-ring (bicyclic) bond motifs is 1. The average Bonchev–Trinajstić information content (AvgIpc) is 2.94. The van der Waals surface area contributed by atoms with Crippen molar-refractivity contribution in [3.8, 4) is 11.5 Å². The third kappa shape index (κ3) is 7.08. The number of alkyl halides is 1. The number of aliphatic hydroxyl groups excluding tert-OH is 1. The SMILES string of the molecule is COc1ccc(SCCCN2CCC(CO)(CC[C@H](F)c3c(Cl)cnc4ccc(OC)cc34)CC2)cc1. The van der Waals surface area contributed by atoms with Gasteiger partial charge in [-0.05, 0) is 105 Å². The van der Waals surface area contributed by atoms with E-state index < -0.39 is 6.17 Å². The van der Waals surface area contributed by atoms with Gasteiger partial charge in [0.15, 0.2) is 0 Å². The second kappa shape index (κ2) is 13.1. The van der Waals surface area contributed by atoms with Crippen molar-refractivity contribution in [3.05, 3.63) is 59.2 Å². The number of likely N-dealkylation sites (tertiary alicyclic amines) is 1. The third-order valence-electron chi connectivity index (χ3n) is 7.51. The van der Waals surface area contributed by atoms with Crippen molar-refractivity contribution in [2.45, 2.75) is 43.2 Å². The summed E-state index contributed by atoms with van der Waals surface area (Å²) in [6, 6.07) is 13.6. The Morgan fingerprint density at radius 2 is 1.81 bits per heavy atom. The fraction of sp³-hybridized carbons (Fsp3) is 0.483. The highest BCUT2D eigenvalue weighted by Crippen LogP contribution is 2.42. The van der Waals surface area contributed by atoms with Gasteiger partial charge in [0.1, 0.15) is 17.7 Å². The number of hydrogen-bond acceptors (Lipinski definition) is 6. The van der Waals surface area contributed by atoms with Crippen LogP contribution >= 0.6 is 23.4 Å². The van der Waals surface area contributed by atoms with E-state index in [4.69, 9.17) is 21.1 Å². The van der Waals surface area contributed by atoms with E-state index in [1.165, 1.54) is 11.1 Å². The number of piperidine rings is 1. The number of aromatic nitrogens is 1. The van der Waals surface area contributed by atoms with Crippen molar-refractivity contribution in [2.75, 3.05) is 46.2 Å². The molecule has 4 rings (SSSR count). The second-order valence-electron chi connectivity index (χ2n) is 9.79. The van der Waals surface area contributed by atoms with Crippen molar-refractivity contribution in [1.82, 2.24) is 9.88 Å². The van der Waals surface area contributed by atoms with Crippen LogP contribution in [0, 0.1) is 5.41 Å². The van der Waals surface area contributed by atoms with Crippen LogP contribution in [0.15, 0.2) is 53.6 Å². The number of benzene rings is 2. The largest absolute Gasteiger partial charge is 0.497 e. The van der Waals surface area contributed by atoms with Crippen LogP contribution in [0.5, 0.6) is 11.5 Å². The Balaban J connectivity index is 1.27. The number of rotatable bonds is 12. The topological polar surface area (TPSA) is 54.8 Å². The van der Waals surface area contributed by atoms with Gasteiger partial charge < -0.3 is 19.5 Å². The quantitative estimate of drug-likeness (QED) is 0.196. The summed E-state index contributed by atoms with van der Waals surface area (Å²) in [5, 5.41) is 11.3. The molecule has 200 valence electrons. The van der Waals surface area contributed by atoms with E-state index in [9.17, 15) is 5.11 Å². The van der Waals surface area contributed by atoms with Crippen LogP contribution < -0.4 is 9.47 Å². The van der Waals surface area contributed by atoms with E-state index in [-0.39, 0.29) is 12.0 Å². The Morgan fingerprint density at radius 1 is 1.11 bits per heavy atom. The minimum Gasteiger partial charge on any atom is -0.497 e. The van der Waals surface area contributed by atoms with E-state index in [2.05, 4.69) is 22.0 Å². The number of pyridine rings is 1. The number of halogens is 2. The van der Waals surface area contributed by atoms with Crippen molar-refractivity contribution in [2.24, 2.45) is 5.41 Å². The molecule has 0 unspecified atom stereocenters. The van der Waals surface area contributed by atoms with Crippen LogP contribution in [0.3, 0.4) is 0 Å². The van der Waals surface area contributed by atoms with Crippen LogP contribution in [0.2, 0.25) is 5.02 Å². The Kier molecular flexibility index (Phi) is 9.93. The molecule has 1 N–H and O–H groups in total. The molecule has 0 bridgehead atoms. The van der Waals surface area contributed by atoms with E-state index in [1.807, 2.05) is 36.0 Å². The number of hydrogen-bond donors (Lipinski definition) is 1. The Hall–Kier alpha value is -2.06. The van der Waals surface area contributed by atoms with Gasteiger partial charge in [0, 0.05) is 28.6 Å². The zero-order valence-electron chi connectivity index (χ0n) is 21.6. The first kappa shape index (κ1) is 28.0. The first-order valence-corrected chi connectivity index (χ1v) is 14.2. The Labute approximate surface area is 228 Å². The van der Waals surface area contributed by atoms with Crippen molar-refractivity contribution >= 4 is 34.3 Å². The smallest absolute Gasteiger partial charge is 0.127 e. The van der Waals surface area contributed by atoms with Crippen molar-refractivity contribution < 1.29 is 19.0 Å². The molecule has 1 aliphatic rings. The predicted octanol–water partition coefficient (Wildman–Crippen LogP) is 6.95. The maximum Gasteiger partial charge on any atom is 0.127 e. The third-order valence-corrected chi connectivity index (χ3v) is 8.91. The molecule has 2 aromatic carbocycles. The number of methoxy groups -OCH3 is 2. The van der Waals surface area contributed by atoms with Gasteiger partial charge in [0.25, 0.3) is 0 Å². The number of ether oxygens (including phenoxy) is 2. The molecule has 5 nitrogen and oxygen atoms in total. The van der Waals surface area contributed by atoms with Crippen LogP contribution in [0.25, 0.3) is 10.9 Å². The lowest BCUT2D eigenvalue weighted by atomic mass is 9.74. The molecule has 1 aliphatic heterocycles. The second-order valence-corrected chi connectivity index (χ2v) is 11.4. The number of thioether (sulfide) groups is 1. The molecular weight excluding hydrogens is 511 g/mol. The maximum atomic E-state index is 15.6. The minimum absolute atomic E-state index is 0.0829. The summed E-state index contributed by atoms with van der Waals surface area (Å²) >= 11 is 8.27. The highest BCUT2D eigenvalue weighted by molar-refractivity contribution is 7.99. The monoisotopic (exact) mass is 546 g/mol. The van der Waals surface area contributed by atoms with Crippen LogP contribution in [-0.2, 0) is 0 Å². The highest BCUT2D eigenvalue weighted by Gasteiger charge is 2.35. The molecule has 0 amide bonds. The fourth-order valence-electron chi connectivity index (χ4n) is 5.08. The van der Waals surface area contributed by atoms with Crippen molar-refractivity contribution in [1.29, 1.82) is 0 Å². The number of aliphatic hydroxyl groups is 1. The number of nitrogens with zero attached hydrogens (tertiary/aromatic N) is 2. The highest BCUT2D eigenvalue weighted by atomic mass is 35.5. The van der Waals surface area contributed by atoms with Gasteiger partial charge in [-0.1, -0.05) is 11.6 Å². The summed E-state index contributed by atoms with van der Waals surface area (Å²) in [6.07, 6.45) is 4.07. The van der Waals surface area contributed by atoms with Gasteiger partial charge in [-0.15, -0.1) is 11.8 Å². The lowest BCUT2D eigenvalue weighted by Crippen LogP contribution is -2.42. The minimum atomic E-state index is -1.23. The summed E-state index contributed by atoms with van der Waals surface area (Å²) < 4.78 is 26.2. The zero-order valence-corrected chi connectivity index (χ0v) is 23.2. The summed E-state index contributed by atoms with van der Waals surface area (Å²) in [7, 11) is 3.26. The van der Waals surface area contributed by atoms with Crippen molar-refractivity contribution in [3.63, 3.8) is 0 Å². The molecule has 3 aromatic rings. The predicted molar refractivity (Wildman–Crippen MR) is 150 cm³/mol. The van der Waals surface area contributed by atoms with E-state index in [0.29, 0.717) is 40.1 Å². The first-order valence-electron chi connectivity index (χ1n) is 12.8. The molecule has 8 heteroatoms. The summed E-state index contributed by atoms with van der Waals surface area (Å²) in [5.74, 6) is 2.58. The standard InChI is InChI=1S/C29H36ClFN2O3S/c1-35-21-4-7-23(8-5-21)37-17-3-14-33-15-12-29(20-34,13-16-33)11-10-26(31)28-24-18-22(36-2)6-9-27(24)32-19-25(28)30/h4-9,18-19,26,34H,3,10-17,20H2,1-2H3/t26-/m0/s1. The maximum absolute atomic E-state index is 15.6. The lowest BCUT2D eigenvalue weighted by Gasteiger charge is -2.41. The van der Waals surface area contributed by atoms with Gasteiger partial charge in [0.05, 0.1) is 24.8 Å². The lowest BCUT2D eigenvalue weighted by molar-refractivity contribution is 0.0304. The van der Waals surface area contributed by atoms with Gasteiger partial charge in [-0.2, -0.15) is 0 Å². The molecule has 37 heavy (non-hydrogen) atoms. The van der Waals surface area contributed by atoms with Crippen LogP contribution in [0.1, 0.15) is 43.8 Å². The molecule has 1 fully saturated rings. The van der Waals surface area contributed by atoms with E-state index in [1.54, 1.807) is 20.3 Å². The van der Waals surface area contributed by atoms with Crippen LogP contribution in [0.4, 0.5) is 4.39 Å². The Bertz CT molecular complexity index is 1160. The Morgan fingerprint density at radius 3 is 2.49 bits per heavy atom. The molecule has 0 spiro atoms. The molecular formula is C29H36ClFN2O3S. The molecule has 1 atom stereocenters. The van der Waals surface area contributed by atoms with Gasteiger partial charge in [-0.3, -0.25) is 4.98 Å². The van der Waals surface area contributed by atoms with E-state index >= 15 is 4.39 Å². The van der Waals surface area contributed by atoms with Gasteiger partial charge in [-0.25, -0.2) is 4.39 Å². The van der Waals surface area contributed by atoms with Gasteiger partial charge in [0.2, 0.25) is 0 Å². The molecule has 1 saturated heterocycles. The van der Waals surface area contributed by atoms with Crippen LogP contribution in [-0.4, -0.2) is 61.2 Å². The first-order chi connectivity index (χ1) is 18.0. The summed E-state index contributed by atoms with van der Waals surface area (Å²) in [5.41, 5.74) is 0.912. The van der Waals surface area contributed by atoms with Gasteiger partial charge >= 0.3 is 0 Å². The molecule has 0 aliphatic carbocycles. The molecule has 2 heterocycles. The fourth-order valence-corrected chi connectivity index (χ4v) is 6.19. The summed E-state index contributed by atoms with van der Waals surface area (Å²) in [4.78, 5) is 8.05. The molecule has 0 saturated carbocycles. The summed E-state index contributed by atoms with van der Waals surface area (Å²) in [6.45, 7) is 2.98.